The topological polar surface area (TPSA) is 64.4 Å². The van der Waals surface area contributed by atoms with Crippen LogP contribution < -0.4 is 5.56 Å². The van der Waals surface area contributed by atoms with E-state index in [2.05, 4.69) is 5.10 Å². The molecule has 2 aliphatic heterocycles. The van der Waals surface area contributed by atoms with Crippen LogP contribution in [0, 0.1) is 5.82 Å². The molecule has 1 aromatic heterocycles. The van der Waals surface area contributed by atoms with Crippen LogP contribution in [0.2, 0.25) is 0 Å². The minimum atomic E-state index is -0.346. The van der Waals surface area contributed by atoms with Gasteiger partial charge in [0.05, 0.1) is 18.3 Å². The van der Waals surface area contributed by atoms with Gasteiger partial charge in [-0.1, -0.05) is 0 Å². The Hall–Kier alpha value is -2.54. The van der Waals surface area contributed by atoms with Gasteiger partial charge in [-0.05, 0) is 56.0 Å². The van der Waals surface area contributed by atoms with Crippen LogP contribution in [0.4, 0.5) is 4.39 Å². The van der Waals surface area contributed by atoms with Crippen LogP contribution in [0.15, 0.2) is 41.2 Å². The Morgan fingerprint density at radius 1 is 1.15 bits per heavy atom. The normalized spacial score (nSPS) is 22.3. The number of rotatable bonds is 4. The molecule has 0 radical (unpaired) electrons. The van der Waals surface area contributed by atoms with Crippen molar-refractivity contribution < 1.29 is 13.9 Å². The van der Waals surface area contributed by atoms with Crippen LogP contribution in [0.25, 0.3) is 11.3 Å². The Morgan fingerprint density at radius 3 is 2.70 bits per heavy atom. The minimum Gasteiger partial charge on any atom is -0.368 e. The summed E-state index contributed by atoms with van der Waals surface area (Å²) in [4.78, 5) is 26.8. The number of hydrogen-bond donors (Lipinski definition) is 0. The second-order valence-electron chi connectivity index (χ2n) is 7.08. The summed E-state index contributed by atoms with van der Waals surface area (Å²) < 4.78 is 20.1. The molecular weight excluding hydrogens is 349 g/mol. The van der Waals surface area contributed by atoms with E-state index in [9.17, 15) is 14.0 Å². The number of halogens is 1. The summed E-state index contributed by atoms with van der Waals surface area (Å²) in [6.45, 7) is 1.68. The molecule has 2 saturated heterocycles. The number of carbonyl (C=O) groups excluding carboxylic acids is 1. The summed E-state index contributed by atoms with van der Waals surface area (Å²) in [5.41, 5.74) is 1.13. The summed E-state index contributed by atoms with van der Waals surface area (Å²) in [5.74, 6) is -0.293. The Bertz CT molecular complexity index is 875. The fourth-order valence-electron chi connectivity index (χ4n) is 3.83. The van der Waals surface area contributed by atoms with Gasteiger partial charge in [0.1, 0.15) is 11.9 Å². The predicted octanol–water partition coefficient (Wildman–Crippen LogP) is 2.22. The molecule has 1 unspecified atom stereocenters. The van der Waals surface area contributed by atoms with E-state index in [-0.39, 0.29) is 29.4 Å². The number of likely N-dealkylation sites (tertiary alicyclic amines) is 1. The van der Waals surface area contributed by atoms with E-state index in [0.29, 0.717) is 25.4 Å². The molecule has 6 nitrogen and oxygen atoms in total. The molecule has 7 heteroatoms. The van der Waals surface area contributed by atoms with Crippen LogP contribution >= 0.6 is 0 Å². The maximum atomic E-state index is 13.1. The monoisotopic (exact) mass is 371 g/mol. The summed E-state index contributed by atoms with van der Waals surface area (Å²) in [6, 6.07) is 9.04. The van der Waals surface area contributed by atoms with Crippen molar-refractivity contribution in [2.24, 2.45) is 0 Å². The van der Waals surface area contributed by atoms with Gasteiger partial charge < -0.3 is 9.64 Å². The van der Waals surface area contributed by atoms with Gasteiger partial charge in [-0.3, -0.25) is 9.59 Å². The molecule has 0 bridgehead atoms. The summed E-state index contributed by atoms with van der Waals surface area (Å²) in [6.07, 6.45) is 3.08. The van der Waals surface area contributed by atoms with E-state index >= 15 is 0 Å². The van der Waals surface area contributed by atoms with Crippen molar-refractivity contribution in [2.45, 2.75) is 44.4 Å². The molecule has 0 saturated carbocycles. The van der Waals surface area contributed by atoms with Crippen molar-refractivity contribution in [1.82, 2.24) is 14.7 Å². The first-order chi connectivity index (χ1) is 13.1. The first-order valence-electron chi connectivity index (χ1n) is 9.38. The van der Waals surface area contributed by atoms with Gasteiger partial charge in [-0.25, -0.2) is 9.07 Å². The van der Waals surface area contributed by atoms with Crippen molar-refractivity contribution in [3.63, 3.8) is 0 Å². The summed E-state index contributed by atoms with van der Waals surface area (Å²) in [5, 5.41) is 4.44. The molecule has 0 aliphatic carbocycles. The number of aromatic nitrogens is 2. The Kier molecular flexibility index (Phi) is 5.03. The van der Waals surface area contributed by atoms with Crippen molar-refractivity contribution in [3.8, 4) is 11.3 Å². The molecule has 2 fully saturated rings. The lowest BCUT2D eigenvalue weighted by Gasteiger charge is -2.27. The number of ether oxygens (including phenoxy) is 1. The number of benzene rings is 1. The van der Waals surface area contributed by atoms with Crippen molar-refractivity contribution in [3.05, 3.63) is 52.6 Å². The SMILES string of the molecule is O=C(C1CCCO1)N1CCC[C@H]1Cn1nc(-c2ccc(F)cc2)ccc1=O. The van der Waals surface area contributed by atoms with E-state index < -0.39 is 0 Å². The van der Waals surface area contributed by atoms with Crippen molar-refractivity contribution in [1.29, 1.82) is 0 Å². The van der Waals surface area contributed by atoms with Gasteiger partial charge in [0, 0.05) is 24.8 Å². The highest BCUT2D eigenvalue weighted by Gasteiger charge is 2.35. The van der Waals surface area contributed by atoms with Gasteiger partial charge in [0.15, 0.2) is 0 Å². The average molecular weight is 371 g/mol. The van der Waals surface area contributed by atoms with E-state index in [1.54, 1.807) is 18.2 Å². The lowest BCUT2D eigenvalue weighted by molar-refractivity contribution is -0.142. The molecule has 142 valence electrons. The largest absolute Gasteiger partial charge is 0.368 e. The highest BCUT2D eigenvalue weighted by Crippen LogP contribution is 2.24. The summed E-state index contributed by atoms with van der Waals surface area (Å²) >= 11 is 0. The quantitative estimate of drug-likeness (QED) is 0.827. The third kappa shape index (κ3) is 3.78. The molecule has 27 heavy (non-hydrogen) atoms. The van der Waals surface area contributed by atoms with E-state index in [1.807, 2.05) is 4.90 Å². The zero-order valence-corrected chi connectivity index (χ0v) is 15.0. The Labute approximate surface area is 156 Å². The molecule has 2 aromatic rings. The maximum absolute atomic E-state index is 13.1. The van der Waals surface area contributed by atoms with Crippen LogP contribution in [-0.2, 0) is 16.1 Å². The first-order valence-corrected chi connectivity index (χ1v) is 9.38. The molecule has 1 aromatic carbocycles. The van der Waals surface area contributed by atoms with E-state index in [0.717, 1.165) is 31.2 Å². The molecule has 2 aliphatic rings. The lowest BCUT2D eigenvalue weighted by atomic mass is 10.1. The van der Waals surface area contributed by atoms with E-state index in [4.69, 9.17) is 4.74 Å². The maximum Gasteiger partial charge on any atom is 0.266 e. The smallest absolute Gasteiger partial charge is 0.266 e. The number of carbonyl (C=O) groups is 1. The van der Waals surface area contributed by atoms with Gasteiger partial charge in [-0.2, -0.15) is 5.10 Å². The minimum absolute atomic E-state index is 0.0257. The van der Waals surface area contributed by atoms with Gasteiger partial charge >= 0.3 is 0 Å². The van der Waals surface area contributed by atoms with Gasteiger partial charge in [0.2, 0.25) is 0 Å². The zero-order valence-electron chi connectivity index (χ0n) is 15.0. The molecule has 0 spiro atoms. The van der Waals surface area contributed by atoms with Crippen LogP contribution in [0.5, 0.6) is 0 Å². The van der Waals surface area contributed by atoms with E-state index in [1.165, 1.54) is 22.9 Å². The fourth-order valence-corrected chi connectivity index (χ4v) is 3.83. The molecule has 2 atom stereocenters. The fraction of sp³-hybridized carbons (Fsp3) is 0.450. The summed E-state index contributed by atoms with van der Waals surface area (Å²) in [7, 11) is 0. The van der Waals surface area contributed by atoms with Gasteiger partial charge in [0.25, 0.3) is 11.5 Å². The Balaban J connectivity index is 1.54. The van der Waals surface area contributed by atoms with Crippen molar-refractivity contribution in [2.75, 3.05) is 13.2 Å². The first kappa shape index (κ1) is 17.9. The molecular formula is C20H22FN3O3. The Morgan fingerprint density at radius 2 is 1.96 bits per heavy atom. The number of hydrogen-bond acceptors (Lipinski definition) is 4. The van der Waals surface area contributed by atoms with Crippen LogP contribution in [0.3, 0.4) is 0 Å². The standard InChI is InChI=1S/C20H22FN3O3/c21-15-7-5-14(6-8-15)17-9-10-19(25)24(22-17)13-16-3-1-11-23(16)20(26)18-4-2-12-27-18/h5-10,16,18H,1-4,11-13H2/t16-,18?/m0/s1. The molecule has 1 amide bonds. The van der Waals surface area contributed by atoms with Gasteiger partial charge in [-0.15, -0.1) is 0 Å². The van der Waals surface area contributed by atoms with Crippen molar-refractivity contribution >= 4 is 5.91 Å². The number of amides is 1. The second-order valence-corrected chi connectivity index (χ2v) is 7.08. The molecule has 0 N–H and O–H groups in total. The number of nitrogens with zero attached hydrogens (tertiary/aromatic N) is 3. The highest BCUT2D eigenvalue weighted by atomic mass is 19.1. The second kappa shape index (κ2) is 7.60. The third-order valence-electron chi connectivity index (χ3n) is 5.26. The lowest BCUT2D eigenvalue weighted by Crippen LogP contribution is -2.45. The molecule has 3 heterocycles. The molecule has 4 rings (SSSR count). The predicted molar refractivity (Wildman–Crippen MR) is 97.6 cm³/mol. The highest BCUT2D eigenvalue weighted by molar-refractivity contribution is 5.81. The average Bonchev–Trinajstić information content (AvgIpc) is 3.36. The van der Waals surface area contributed by atoms with Crippen LogP contribution in [-0.4, -0.2) is 45.9 Å². The van der Waals surface area contributed by atoms with Crippen LogP contribution in [0.1, 0.15) is 25.7 Å². The zero-order chi connectivity index (χ0) is 18.8. The third-order valence-corrected chi connectivity index (χ3v) is 5.26.